The van der Waals surface area contributed by atoms with Crippen molar-refractivity contribution in [1.82, 2.24) is 9.55 Å². The van der Waals surface area contributed by atoms with Crippen molar-refractivity contribution in [2.45, 2.75) is 64.6 Å². The SMILES string of the molecule is CCCSc1nc(O)c(C(C)CCC)c(=O)n1CC. The van der Waals surface area contributed by atoms with Gasteiger partial charge in [-0.3, -0.25) is 9.36 Å². The molecule has 1 rings (SSSR count). The van der Waals surface area contributed by atoms with Crippen molar-refractivity contribution in [1.29, 1.82) is 0 Å². The summed E-state index contributed by atoms with van der Waals surface area (Å²) in [6.45, 7) is 8.65. The Labute approximate surface area is 119 Å². The van der Waals surface area contributed by atoms with Crippen LogP contribution in [-0.4, -0.2) is 20.4 Å². The van der Waals surface area contributed by atoms with Crippen molar-refractivity contribution in [3.05, 3.63) is 15.9 Å². The van der Waals surface area contributed by atoms with Crippen LogP contribution in [0, 0.1) is 0 Å². The fraction of sp³-hybridized carbons (Fsp3) is 0.714. The summed E-state index contributed by atoms with van der Waals surface area (Å²) in [6.07, 6.45) is 2.88. The Bertz CT molecular complexity index is 471. The predicted octanol–water partition coefficient (Wildman–Crippen LogP) is 3.37. The van der Waals surface area contributed by atoms with Crippen LogP contribution in [0.5, 0.6) is 5.88 Å². The number of rotatable bonds is 7. The first-order valence-electron chi connectivity index (χ1n) is 7.03. The fourth-order valence-electron chi connectivity index (χ4n) is 2.13. The van der Waals surface area contributed by atoms with Gasteiger partial charge in [-0.1, -0.05) is 39.0 Å². The molecular formula is C14H24N2O2S. The topological polar surface area (TPSA) is 55.1 Å². The van der Waals surface area contributed by atoms with Crippen LogP contribution in [0.25, 0.3) is 0 Å². The highest BCUT2D eigenvalue weighted by Crippen LogP contribution is 2.27. The van der Waals surface area contributed by atoms with Crippen LogP contribution in [0.4, 0.5) is 0 Å². The zero-order valence-electron chi connectivity index (χ0n) is 12.3. The van der Waals surface area contributed by atoms with E-state index >= 15 is 0 Å². The summed E-state index contributed by atoms with van der Waals surface area (Å²) in [5.74, 6) is 0.859. The molecule has 1 N–H and O–H groups in total. The van der Waals surface area contributed by atoms with Crippen molar-refractivity contribution in [3.8, 4) is 5.88 Å². The van der Waals surface area contributed by atoms with Crippen LogP contribution < -0.4 is 5.56 Å². The first-order valence-corrected chi connectivity index (χ1v) is 8.01. The molecular weight excluding hydrogens is 260 g/mol. The maximum absolute atomic E-state index is 12.5. The number of hydrogen-bond acceptors (Lipinski definition) is 4. The molecule has 1 atom stereocenters. The highest BCUT2D eigenvalue weighted by molar-refractivity contribution is 7.99. The molecule has 0 aliphatic heterocycles. The lowest BCUT2D eigenvalue weighted by Crippen LogP contribution is -2.27. The second-order valence-electron chi connectivity index (χ2n) is 4.72. The van der Waals surface area contributed by atoms with Crippen LogP contribution in [0.3, 0.4) is 0 Å². The zero-order valence-corrected chi connectivity index (χ0v) is 13.1. The van der Waals surface area contributed by atoms with Crippen LogP contribution in [-0.2, 0) is 6.54 Å². The van der Waals surface area contributed by atoms with Crippen LogP contribution in [0.15, 0.2) is 9.95 Å². The third-order valence-corrected chi connectivity index (χ3v) is 4.30. The zero-order chi connectivity index (χ0) is 14.4. The minimum absolute atomic E-state index is 0.0491. The summed E-state index contributed by atoms with van der Waals surface area (Å²) >= 11 is 1.53. The first-order chi connectivity index (χ1) is 9.06. The van der Waals surface area contributed by atoms with Gasteiger partial charge in [0.15, 0.2) is 5.16 Å². The van der Waals surface area contributed by atoms with E-state index in [1.54, 1.807) is 4.57 Å². The largest absolute Gasteiger partial charge is 0.493 e. The van der Waals surface area contributed by atoms with Gasteiger partial charge in [0.2, 0.25) is 5.88 Å². The van der Waals surface area contributed by atoms with E-state index < -0.39 is 0 Å². The molecule has 0 spiro atoms. The monoisotopic (exact) mass is 284 g/mol. The van der Waals surface area contributed by atoms with E-state index in [2.05, 4.69) is 18.8 Å². The van der Waals surface area contributed by atoms with Gasteiger partial charge in [0.05, 0.1) is 5.56 Å². The van der Waals surface area contributed by atoms with Gasteiger partial charge >= 0.3 is 0 Å². The molecule has 1 aromatic heterocycles. The van der Waals surface area contributed by atoms with Gasteiger partial charge in [0.1, 0.15) is 0 Å². The molecule has 4 nitrogen and oxygen atoms in total. The van der Waals surface area contributed by atoms with Gasteiger partial charge < -0.3 is 5.11 Å². The third kappa shape index (κ3) is 3.75. The lowest BCUT2D eigenvalue weighted by Gasteiger charge is -2.16. The minimum Gasteiger partial charge on any atom is -0.493 e. The van der Waals surface area contributed by atoms with Gasteiger partial charge in [-0.15, -0.1) is 0 Å². The summed E-state index contributed by atoms with van der Waals surface area (Å²) in [4.78, 5) is 16.7. The quantitative estimate of drug-likeness (QED) is 0.616. The van der Waals surface area contributed by atoms with E-state index in [0.717, 1.165) is 25.0 Å². The van der Waals surface area contributed by atoms with Gasteiger partial charge in [0.25, 0.3) is 5.56 Å². The molecule has 0 radical (unpaired) electrons. The summed E-state index contributed by atoms with van der Waals surface area (Å²) in [6, 6.07) is 0. The molecule has 0 aliphatic carbocycles. The fourth-order valence-corrected chi connectivity index (χ4v) is 3.04. The molecule has 0 bridgehead atoms. The Hall–Kier alpha value is -0.970. The van der Waals surface area contributed by atoms with Crippen LogP contribution in [0.2, 0.25) is 0 Å². The normalized spacial score (nSPS) is 12.6. The van der Waals surface area contributed by atoms with Gasteiger partial charge in [-0.05, 0) is 25.7 Å². The highest BCUT2D eigenvalue weighted by Gasteiger charge is 2.20. The third-order valence-electron chi connectivity index (χ3n) is 3.11. The predicted molar refractivity (Wildman–Crippen MR) is 80.2 cm³/mol. The van der Waals surface area contributed by atoms with Crippen molar-refractivity contribution < 1.29 is 5.11 Å². The van der Waals surface area contributed by atoms with E-state index in [9.17, 15) is 9.90 Å². The van der Waals surface area contributed by atoms with Crippen molar-refractivity contribution in [3.63, 3.8) is 0 Å². The van der Waals surface area contributed by atoms with E-state index in [4.69, 9.17) is 0 Å². The average Bonchev–Trinajstić information content (AvgIpc) is 2.36. The molecule has 0 fully saturated rings. The average molecular weight is 284 g/mol. The molecule has 1 unspecified atom stereocenters. The smallest absolute Gasteiger partial charge is 0.261 e. The maximum Gasteiger partial charge on any atom is 0.261 e. The number of thioether (sulfide) groups is 1. The van der Waals surface area contributed by atoms with E-state index in [1.807, 2.05) is 13.8 Å². The molecule has 1 aromatic rings. The first kappa shape index (κ1) is 16.1. The molecule has 19 heavy (non-hydrogen) atoms. The van der Waals surface area contributed by atoms with Gasteiger partial charge in [0, 0.05) is 12.3 Å². The standard InChI is InChI=1S/C14H24N2O2S/c1-5-8-10(4)11-12(17)15-14(19-9-6-2)16(7-3)13(11)18/h10,17H,5-9H2,1-4H3. The second kappa shape index (κ2) is 7.58. The minimum atomic E-state index is -0.0887. The molecule has 1 heterocycles. The molecule has 0 saturated carbocycles. The lowest BCUT2D eigenvalue weighted by molar-refractivity contribution is 0.415. The van der Waals surface area contributed by atoms with E-state index in [1.165, 1.54) is 11.8 Å². The molecule has 0 aromatic carbocycles. The molecule has 5 heteroatoms. The summed E-state index contributed by atoms with van der Waals surface area (Å²) in [5.41, 5.74) is 0.374. The van der Waals surface area contributed by atoms with Crippen molar-refractivity contribution in [2.24, 2.45) is 0 Å². The Morgan fingerprint density at radius 3 is 2.53 bits per heavy atom. The summed E-state index contributed by atoms with van der Waals surface area (Å²) in [7, 11) is 0. The number of aromatic nitrogens is 2. The second-order valence-corrected chi connectivity index (χ2v) is 5.78. The number of aromatic hydroxyl groups is 1. The maximum atomic E-state index is 12.5. The number of hydrogen-bond donors (Lipinski definition) is 1. The Kier molecular flexibility index (Phi) is 6.42. The molecule has 0 saturated heterocycles. The Morgan fingerprint density at radius 2 is 2.00 bits per heavy atom. The van der Waals surface area contributed by atoms with Crippen molar-refractivity contribution in [2.75, 3.05) is 5.75 Å². The van der Waals surface area contributed by atoms with Crippen molar-refractivity contribution >= 4 is 11.8 Å². The summed E-state index contributed by atoms with van der Waals surface area (Å²) in [5, 5.41) is 10.7. The Balaban J connectivity index is 3.25. The highest BCUT2D eigenvalue weighted by atomic mass is 32.2. The van der Waals surface area contributed by atoms with Gasteiger partial charge in [-0.25, -0.2) is 0 Å². The summed E-state index contributed by atoms with van der Waals surface area (Å²) < 4.78 is 1.67. The van der Waals surface area contributed by atoms with Gasteiger partial charge in [-0.2, -0.15) is 4.98 Å². The number of nitrogens with zero attached hydrogens (tertiary/aromatic N) is 2. The van der Waals surface area contributed by atoms with E-state index in [0.29, 0.717) is 17.3 Å². The lowest BCUT2D eigenvalue weighted by atomic mass is 9.98. The molecule has 108 valence electrons. The molecule has 0 aliphatic rings. The van der Waals surface area contributed by atoms with Crippen LogP contribution >= 0.6 is 11.8 Å². The Morgan fingerprint density at radius 1 is 1.32 bits per heavy atom. The van der Waals surface area contributed by atoms with E-state index in [-0.39, 0.29) is 17.4 Å². The molecule has 0 amide bonds. The van der Waals surface area contributed by atoms with Crippen LogP contribution in [0.1, 0.15) is 58.4 Å².